The number of carbonyl (C=O) groups excluding carboxylic acids is 1. The van der Waals surface area contributed by atoms with Crippen molar-refractivity contribution in [3.8, 4) is 5.75 Å². The van der Waals surface area contributed by atoms with Gasteiger partial charge in [0.1, 0.15) is 5.75 Å². The number of rotatable bonds is 12. The fraction of sp³-hybridized carbons (Fsp3) is 0.423. The number of aliphatic hydroxyl groups excluding tert-OH is 3. The highest BCUT2D eigenvalue weighted by atomic mass is 35.5. The number of nitrogens with zero attached hydrogens (tertiary/aromatic N) is 2. The standard InChI is InChI=1S/C26H32ClN3O5/c27-19-3-6-24-23(15-19)22-7-9-30(17-33)26(25(22)28-24)18-1-4-21(5-2-18)35-14-8-20(34)16-29(10-12-31)11-13-32/h1-6,15,17,20,26,28,31-32,34H,7-14,16H2/t20?,26-/m0/s1. The Kier molecular flexibility index (Phi) is 8.64. The Morgan fingerprint density at radius 3 is 2.60 bits per heavy atom. The summed E-state index contributed by atoms with van der Waals surface area (Å²) in [5.74, 6) is 0.681. The van der Waals surface area contributed by atoms with Crippen molar-refractivity contribution in [2.45, 2.75) is 25.0 Å². The summed E-state index contributed by atoms with van der Waals surface area (Å²) in [6, 6.07) is 13.3. The lowest BCUT2D eigenvalue weighted by atomic mass is 9.93. The first-order chi connectivity index (χ1) is 17.0. The first-order valence-corrected chi connectivity index (χ1v) is 12.3. The highest BCUT2D eigenvalue weighted by molar-refractivity contribution is 6.31. The summed E-state index contributed by atoms with van der Waals surface area (Å²) in [5.41, 5.74) is 4.18. The van der Waals surface area contributed by atoms with Gasteiger partial charge < -0.3 is 29.9 Å². The number of carbonyl (C=O) groups is 1. The number of aliphatic hydroxyl groups is 3. The van der Waals surface area contributed by atoms with Crippen molar-refractivity contribution < 1.29 is 24.9 Å². The lowest BCUT2D eigenvalue weighted by Crippen LogP contribution is -2.37. The molecule has 1 aliphatic rings. The van der Waals surface area contributed by atoms with Crippen molar-refractivity contribution in [2.24, 2.45) is 0 Å². The molecule has 1 aromatic heterocycles. The van der Waals surface area contributed by atoms with E-state index in [0.29, 0.717) is 50.0 Å². The molecule has 9 heteroatoms. The monoisotopic (exact) mass is 501 g/mol. The molecule has 0 radical (unpaired) electrons. The van der Waals surface area contributed by atoms with Crippen molar-refractivity contribution in [2.75, 3.05) is 46.0 Å². The number of amides is 1. The first-order valence-electron chi connectivity index (χ1n) is 11.9. The van der Waals surface area contributed by atoms with E-state index in [1.54, 1.807) is 4.90 Å². The second-order valence-electron chi connectivity index (χ2n) is 8.81. The molecule has 1 unspecified atom stereocenters. The summed E-state index contributed by atoms with van der Waals surface area (Å²) in [5, 5.41) is 30.2. The van der Waals surface area contributed by atoms with E-state index in [4.69, 9.17) is 26.6 Å². The minimum Gasteiger partial charge on any atom is -0.493 e. The maximum Gasteiger partial charge on any atom is 0.210 e. The van der Waals surface area contributed by atoms with E-state index in [1.807, 2.05) is 47.4 Å². The van der Waals surface area contributed by atoms with Gasteiger partial charge in [0.25, 0.3) is 0 Å². The van der Waals surface area contributed by atoms with Gasteiger partial charge in [-0.3, -0.25) is 9.69 Å². The van der Waals surface area contributed by atoms with Gasteiger partial charge in [-0.1, -0.05) is 23.7 Å². The van der Waals surface area contributed by atoms with Crippen LogP contribution in [0.3, 0.4) is 0 Å². The van der Waals surface area contributed by atoms with Crippen LogP contribution in [0.15, 0.2) is 42.5 Å². The third kappa shape index (κ3) is 5.97. The minimum absolute atomic E-state index is 0.0220. The molecule has 4 rings (SSSR count). The molecule has 0 fully saturated rings. The Balaban J connectivity index is 1.42. The lowest BCUT2D eigenvalue weighted by molar-refractivity contribution is -0.120. The van der Waals surface area contributed by atoms with Gasteiger partial charge in [0, 0.05) is 54.2 Å². The largest absolute Gasteiger partial charge is 0.493 e. The molecule has 0 spiro atoms. The maximum absolute atomic E-state index is 11.9. The number of fused-ring (bicyclic) bond motifs is 3. The zero-order valence-electron chi connectivity index (χ0n) is 19.6. The van der Waals surface area contributed by atoms with Crippen LogP contribution in [0, 0.1) is 0 Å². The smallest absolute Gasteiger partial charge is 0.210 e. The Labute approximate surface area is 209 Å². The van der Waals surface area contributed by atoms with Crippen LogP contribution in [0.2, 0.25) is 5.02 Å². The number of aromatic nitrogens is 1. The molecular formula is C26H32ClN3O5. The topological polar surface area (TPSA) is 109 Å². The number of halogens is 1. The molecular weight excluding hydrogens is 470 g/mol. The lowest BCUT2D eigenvalue weighted by Gasteiger charge is -2.33. The molecule has 4 N–H and O–H groups in total. The Morgan fingerprint density at radius 2 is 1.91 bits per heavy atom. The molecule has 2 aromatic carbocycles. The molecule has 35 heavy (non-hydrogen) atoms. The number of nitrogens with one attached hydrogen (secondary N) is 1. The number of benzene rings is 2. The van der Waals surface area contributed by atoms with E-state index in [-0.39, 0.29) is 19.3 Å². The van der Waals surface area contributed by atoms with Crippen LogP contribution in [0.5, 0.6) is 5.75 Å². The summed E-state index contributed by atoms with van der Waals surface area (Å²) in [7, 11) is 0. The van der Waals surface area contributed by atoms with Gasteiger partial charge in [-0.15, -0.1) is 0 Å². The van der Waals surface area contributed by atoms with E-state index in [1.165, 1.54) is 5.56 Å². The Morgan fingerprint density at radius 1 is 1.17 bits per heavy atom. The Bertz CT molecular complexity index is 1110. The first kappa shape index (κ1) is 25.5. The third-order valence-electron chi connectivity index (χ3n) is 6.48. The van der Waals surface area contributed by atoms with Gasteiger partial charge in [-0.2, -0.15) is 0 Å². The summed E-state index contributed by atoms with van der Waals surface area (Å²) in [6.45, 7) is 2.10. The molecule has 188 valence electrons. The normalized spacial score (nSPS) is 16.5. The van der Waals surface area contributed by atoms with Crippen LogP contribution in [0.25, 0.3) is 10.9 Å². The van der Waals surface area contributed by atoms with Crippen molar-refractivity contribution in [1.29, 1.82) is 0 Å². The number of hydrogen-bond donors (Lipinski definition) is 4. The molecule has 0 bridgehead atoms. The predicted molar refractivity (Wildman–Crippen MR) is 135 cm³/mol. The number of H-pyrrole nitrogens is 1. The highest BCUT2D eigenvalue weighted by Crippen LogP contribution is 2.38. The zero-order valence-corrected chi connectivity index (χ0v) is 20.3. The van der Waals surface area contributed by atoms with E-state index < -0.39 is 6.10 Å². The molecule has 0 aliphatic carbocycles. The van der Waals surface area contributed by atoms with Gasteiger partial charge in [0.2, 0.25) is 6.41 Å². The number of ether oxygens (including phenoxy) is 1. The highest BCUT2D eigenvalue weighted by Gasteiger charge is 2.31. The van der Waals surface area contributed by atoms with E-state index in [2.05, 4.69) is 4.98 Å². The van der Waals surface area contributed by atoms with Crippen LogP contribution in [-0.4, -0.2) is 88.6 Å². The molecule has 1 amide bonds. The van der Waals surface area contributed by atoms with Crippen molar-refractivity contribution in [1.82, 2.24) is 14.8 Å². The summed E-state index contributed by atoms with van der Waals surface area (Å²) in [6.07, 6.45) is 1.47. The summed E-state index contributed by atoms with van der Waals surface area (Å²) < 4.78 is 5.82. The summed E-state index contributed by atoms with van der Waals surface area (Å²) >= 11 is 6.23. The van der Waals surface area contributed by atoms with Gasteiger partial charge in [-0.25, -0.2) is 0 Å². The molecule has 2 atom stereocenters. The predicted octanol–water partition coefficient (Wildman–Crippen LogP) is 2.34. The van der Waals surface area contributed by atoms with Gasteiger partial charge in [0.05, 0.1) is 32.0 Å². The molecule has 0 saturated heterocycles. The van der Waals surface area contributed by atoms with Gasteiger partial charge in [0.15, 0.2) is 0 Å². The van der Waals surface area contributed by atoms with Crippen LogP contribution >= 0.6 is 11.6 Å². The second kappa shape index (κ2) is 11.9. The number of hydrogen-bond acceptors (Lipinski definition) is 6. The quantitative estimate of drug-likeness (QED) is 0.284. The van der Waals surface area contributed by atoms with Crippen molar-refractivity contribution in [3.05, 3.63) is 64.3 Å². The van der Waals surface area contributed by atoms with Crippen LogP contribution in [-0.2, 0) is 11.2 Å². The molecule has 2 heterocycles. The van der Waals surface area contributed by atoms with E-state index >= 15 is 0 Å². The van der Waals surface area contributed by atoms with Gasteiger partial charge in [-0.05, 0) is 47.9 Å². The third-order valence-corrected chi connectivity index (χ3v) is 6.71. The van der Waals surface area contributed by atoms with Crippen LogP contribution in [0.4, 0.5) is 0 Å². The fourth-order valence-corrected chi connectivity index (χ4v) is 4.95. The van der Waals surface area contributed by atoms with Crippen LogP contribution < -0.4 is 4.74 Å². The van der Waals surface area contributed by atoms with Crippen molar-refractivity contribution in [3.63, 3.8) is 0 Å². The molecule has 3 aromatic rings. The zero-order chi connectivity index (χ0) is 24.8. The Hall–Kier alpha value is -2.62. The SMILES string of the molecule is O=CN1CCc2c([nH]c3ccc(Cl)cc23)[C@@H]1c1ccc(OCCC(O)CN(CCO)CCO)cc1. The van der Waals surface area contributed by atoms with E-state index in [9.17, 15) is 9.90 Å². The number of aromatic amines is 1. The summed E-state index contributed by atoms with van der Waals surface area (Å²) in [4.78, 5) is 19.0. The van der Waals surface area contributed by atoms with Crippen LogP contribution in [0.1, 0.15) is 29.3 Å². The average molecular weight is 502 g/mol. The second-order valence-corrected chi connectivity index (χ2v) is 9.25. The minimum atomic E-state index is -0.621. The fourth-order valence-electron chi connectivity index (χ4n) is 4.78. The molecule has 0 saturated carbocycles. The van der Waals surface area contributed by atoms with Gasteiger partial charge >= 0.3 is 0 Å². The van der Waals surface area contributed by atoms with E-state index in [0.717, 1.165) is 35.0 Å². The maximum atomic E-state index is 11.9. The van der Waals surface area contributed by atoms with Crippen molar-refractivity contribution >= 4 is 28.9 Å². The molecule has 1 aliphatic heterocycles. The molecule has 8 nitrogen and oxygen atoms in total. The average Bonchev–Trinajstić information content (AvgIpc) is 3.22.